The Hall–Kier alpha value is -1.85. The Kier molecular flexibility index (Phi) is 4.88. The topological polar surface area (TPSA) is 95.1 Å². The van der Waals surface area contributed by atoms with Crippen LogP contribution < -0.4 is 10.9 Å². The van der Waals surface area contributed by atoms with E-state index in [2.05, 4.69) is 15.3 Å². The highest BCUT2D eigenvalue weighted by atomic mass is 16.4. The van der Waals surface area contributed by atoms with Gasteiger partial charge in [0, 0.05) is 12.0 Å². The third kappa shape index (κ3) is 3.87. The molecular weight excluding hydrogens is 234 g/mol. The van der Waals surface area contributed by atoms with E-state index >= 15 is 0 Å². The van der Waals surface area contributed by atoms with Crippen molar-refractivity contribution in [2.75, 3.05) is 5.32 Å². The molecule has 0 bridgehead atoms. The van der Waals surface area contributed by atoms with Gasteiger partial charge in [0.25, 0.3) is 5.56 Å². The molecule has 0 amide bonds. The number of aliphatic carboxylic acids is 1. The summed E-state index contributed by atoms with van der Waals surface area (Å²) >= 11 is 0. The van der Waals surface area contributed by atoms with Crippen molar-refractivity contribution in [2.45, 2.75) is 45.6 Å². The number of nitrogens with one attached hydrogen (secondary N) is 2. The summed E-state index contributed by atoms with van der Waals surface area (Å²) in [5.41, 5.74) is -0.281. The molecule has 1 aromatic rings. The van der Waals surface area contributed by atoms with Gasteiger partial charge in [-0.3, -0.25) is 4.79 Å². The Balaban J connectivity index is 2.95. The Morgan fingerprint density at radius 1 is 1.56 bits per heavy atom. The lowest BCUT2D eigenvalue weighted by Gasteiger charge is -2.15. The van der Waals surface area contributed by atoms with E-state index in [-0.39, 0.29) is 11.5 Å². The lowest BCUT2D eigenvalue weighted by Crippen LogP contribution is -2.30. The van der Waals surface area contributed by atoms with Gasteiger partial charge in [-0.2, -0.15) is 0 Å². The second-order valence-corrected chi connectivity index (χ2v) is 4.49. The van der Waals surface area contributed by atoms with E-state index in [9.17, 15) is 9.59 Å². The molecule has 0 saturated heterocycles. The molecule has 3 N–H and O–H groups in total. The van der Waals surface area contributed by atoms with E-state index in [4.69, 9.17) is 5.11 Å². The van der Waals surface area contributed by atoms with Gasteiger partial charge < -0.3 is 15.4 Å². The third-order valence-corrected chi connectivity index (χ3v) is 2.50. The second kappa shape index (κ2) is 6.18. The zero-order valence-electron chi connectivity index (χ0n) is 10.9. The number of carboxylic acids is 1. The van der Waals surface area contributed by atoms with Crippen LogP contribution in [0.25, 0.3) is 0 Å². The Bertz CT molecular complexity index is 468. The first-order valence-electron chi connectivity index (χ1n) is 6.04. The summed E-state index contributed by atoms with van der Waals surface area (Å²) in [6.07, 6.45) is 1.23. The minimum absolute atomic E-state index is 0.0777. The van der Waals surface area contributed by atoms with Gasteiger partial charge in [0.05, 0.1) is 0 Å². The summed E-state index contributed by atoms with van der Waals surface area (Å²) in [7, 11) is 0. The van der Waals surface area contributed by atoms with E-state index < -0.39 is 12.0 Å². The molecule has 0 aromatic carbocycles. The van der Waals surface area contributed by atoms with Crippen LogP contribution in [0.4, 0.5) is 5.82 Å². The quantitative estimate of drug-likeness (QED) is 0.715. The first-order chi connectivity index (χ1) is 8.43. The maximum atomic E-state index is 11.4. The molecule has 1 aromatic heterocycles. The molecule has 0 aliphatic heterocycles. The fourth-order valence-corrected chi connectivity index (χ4v) is 1.55. The van der Waals surface area contributed by atoms with E-state index in [0.29, 0.717) is 18.1 Å². The van der Waals surface area contributed by atoms with Crippen LogP contribution in [0.1, 0.15) is 45.4 Å². The second-order valence-electron chi connectivity index (χ2n) is 4.49. The Morgan fingerprint density at radius 3 is 2.72 bits per heavy atom. The van der Waals surface area contributed by atoms with Crippen LogP contribution in [-0.2, 0) is 4.79 Å². The first-order valence-corrected chi connectivity index (χ1v) is 6.04. The molecule has 1 atom stereocenters. The van der Waals surface area contributed by atoms with Gasteiger partial charge in [0.15, 0.2) is 0 Å². The predicted molar refractivity (Wildman–Crippen MR) is 68.9 cm³/mol. The highest BCUT2D eigenvalue weighted by Gasteiger charge is 2.17. The summed E-state index contributed by atoms with van der Waals surface area (Å²) in [6, 6.07) is 0.557. The van der Waals surface area contributed by atoms with E-state index in [0.717, 1.165) is 6.42 Å². The summed E-state index contributed by atoms with van der Waals surface area (Å²) in [6.45, 7) is 5.72. The van der Waals surface area contributed by atoms with Crippen LogP contribution in [0.5, 0.6) is 0 Å². The number of aromatic nitrogens is 2. The molecule has 0 fully saturated rings. The molecule has 1 rings (SSSR count). The molecule has 6 nitrogen and oxygen atoms in total. The molecule has 0 spiro atoms. The van der Waals surface area contributed by atoms with Crippen molar-refractivity contribution in [1.82, 2.24) is 9.97 Å². The summed E-state index contributed by atoms with van der Waals surface area (Å²) < 4.78 is 0. The number of rotatable bonds is 6. The predicted octanol–water partition coefficient (Wildman–Crippen LogP) is 1.56. The van der Waals surface area contributed by atoms with Crippen LogP contribution in [0, 0.1) is 0 Å². The standard InChI is InChI=1S/C12H19N3O3/c1-4-5-8(12(17)18)13-9-6-10(16)15-11(14-9)7(2)3/h6-8H,4-5H2,1-3H3,(H,17,18)(H2,13,14,15,16). The largest absolute Gasteiger partial charge is 0.480 e. The van der Waals surface area contributed by atoms with E-state index in [1.54, 1.807) is 0 Å². The summed E-state index contributed by atoms with van der Waals surface area (Å²) in [5, 5.41) is 11.8. The van der Waals surface area contributed by atoms with E-state index in [1.165, 1.54) is 6.07 Å². The van der Waals surface area contributed by atoms with Crippen molar-refractivity contribution >= 4 is 11.8 Å². The van der Waals surface area contributed by atoms with Gasteiger partial charge >= 0.3 is 5.97 Å². The highest BCUT2D eigenvalue weighted by Crippen LogP contribution is 2.11. The summed E-state index contributed by atoms with van der Waals surface area (Å²) in [5.74, 6) is -0.00660. The van der Waals surface area contributed by atoms with Crippen LogP contribution >= 0.6 is 0 Å². The normalized spacial score (nSPS) is 12.4. The Labute approximate surface area is 105 Å². The van der Waals surface area contributed by atoms with Crippen molar-refractivity contribution < 1.29 is 9.90 Å². The fourth-order valence-electron chi connectivity index (χ4n) is 1.55. The number of nitrogens with zero attached hydrogens (tertiary/aromatic N) is 1. The monoisotopic (exact) mass is 253 g/mol. The number of H-pyrrole nitrogens is 1. The van der Waals surface area contributed by atoms with Crippen LogP contribution in [-0.4, -0.2) is 27.1 Å². The maximum absolute atomic E-state index is 11.4. The number of hydrogen-bond donors (Lipinski definition) is 3. The number of aromatic amines is 1. The molecule has 0 aliphatic rings. The molecular formula is C12H19N3O3. The smallest absolute Gasteiger partial charge is 0.326 e. The SMILES string of the molecule is CCCC(Nc1cc(=O)[nH]c(C(C)C)n1)C(=O)O. The lowest BCUT2D eigenvalue weighted by atomic mass is 10.1. The van der Waals surface area contributed by atoms with Gasteiger partial charge in [-0.1, -0.05) is 27.2 Å². The van der Waals surface area contributed by atoms with Crippen molar-refractivity contribution in [3.05, 3.63) is 22.2 Å². The summed E-state index contributed by atoms with van der Waals surface area (Å²) in [4.78, 5) is 29.3. The number of hydrogen-bond acceptors (Lipinski definition) is 4. The molecule has 6 heteroatoms. The molecule has 0 radical (unpaired) electrons. The minimum Gasteiger partial charge on any atom is -0.480 e. The number of anilines is 1. The molecule has 0 aliphatic carbocycles. The van der Waals surface area contributed by atoms with Gasteiger partial charge in [-0.25, -0.2) is 9.78 Å². The fraction of sp³-hybridized carbons (Fsp3) is 0.583. The highest BCUT2D eigenvalue weighted by molar-refractivity contribution is 5.76. The molecule has 0 saturated carbocycles. The van der Waals surface area contributed by atoms with Crippen molar-refractivity contribution in [2.24, 2.45) is 0 Å². The van der Waals surface area contributed by atoms with Crippen molar-refractivity contribution in [1.29, 1.82) is 0 Å². The molecule has 18 heavy (non-hydrogen) atoms. The van der Waals surface area contributed by atoms with Crippen molar-refractivity contribution in [3.63, 3.8) is 0 Å². The third-order valence-electron chi connectivity index (χ3n) is 2.50. The lowest BCUT2D eigenvalue weighted by molar-refractivity contribution is -0.138. The minimum atomic E-state index is -0.940. The molecule has 100 valence electrons. The van der Waals surface area contributed by atoms with Crippen LogP contribution in [0.15, 0.2) is 10.9 Å². The Morgan fingerprint density at radius 2 is 2.22 bits per heavy atom. The van der Waals surface area contributed by atoms with Crippen LogP contribution in [0.3, 0.4) is 0 Å². The number of carbonyl (C=O) groups is 1. The maximum Gasteiger partial charge on any atom is 0.326 e. The van der Waals surface area contributed by atoms with Crippen molar-refractivity contribution in [3.8, 4) is 0 Å². The van der Waals surface area contributed by atoms with E-state index in [1.807, 2.05) is 20.8 Å². The van der Waals surface area contributed by atoms with Gasteiger partial charge in [-0.05, 0) is 6.42 Å². The molecule has 1 heterocycles. The first kappa shape index (κ1) is 14.2. The average molecular weight is 253 g/mol. The van der Waals surface area contributed by atoms with Gasteiger partial charge in [-0.15, -0.1) is 0 Å². The zero-order chi connectivity index (χ0) is 13.7. The number of carboxylic acid groups (broad SMARTS) is 1. The van der Waals surface area contributed by atoms with Gasteiger partial charge in [0.1, 0.15) is 17.7 Å². The zero-order valence-corrected chi connectivity index (χ0v) is 10.9. The van der Waals surface area contributed by atoms with Crippen LogP contribution in [0.2, 0.25) is 0 Å². The average Bonchev–Trinajstić information content (AvgIpc) is 2.27. The molecule has 1 unspecified atom stereocenters. The van der Waals surface area contributed by atoms with Gasteiger partial charge in [0.2, 0.25) is 0 Å².